The van der Waals surface area contributed by atoms with Crippen molar-refractivity contribution in [2.45, 2.75) is 75.5 Å². The van der Waals surface area contributed by atoms with Gasteiger partial charge in [-0.15, -0.1) is 0 Å². The number of Topliss-reactive ketones (excluding diaryl/α,β-unsaturated/α-hetero) is 1. The zero-order valence-electron chi connectivity index (χ0n) is 20.4. The third-order valence-electron chi connectivity index (χ3n) is 9.54. The Morgan fingerprint density at radius 2 is 1.73 bits per heavy atom. The van der Waals surface area contributed by atoms with Crippen LogP contribution in [0, 0.1) is 17.3 Å². The van der Waals surface area contributed by atoms with Crippen LogP contribution in [0.5, 0.6) is 0 Å². The van der Waals surface area contributed by atoms with E-state index in [4.69, 9.17) is 5.11 Å². The molecule has 0 aromatic heterocycles. The first-order valence-corrected chi connectivity index (χ1v) is 12.6. The van der Waals surface area contributed by atoms with E-state index >= 15 is 0 Å². The lowest BCUT2D eigenvalue weighted by molar-refractivity contribution is -0.362. The normalized spacial score (nSPS) is 34.0. The molecule has 2 N–H and O–H groups in total. The summed E-state index contributed by atoms with van der Waals surface area (Å²) in [7, 11) is 0. The number of hydrogen-bond acceptors (Lipinski definition) is 4. The van der Waals surface area contributed by atoms with Crippen molar-refractivity contribution in [1.82, 2.24) is 0 Å². The lowest BCUT2D eigenvalue weighted by Gasteiger charge is -2.56. The predicted octanol–water partition coefficient (Wildman–Crippen LogP) is 5.69. The van der Waals surface area contributed by atoms with Crippen LogP contribution in [-0.2, 0) is 4.79 Å². The summed E-state index contributed by atoms with van der Waals surface area (Å²) in [5, 5.41) is 20.4. The maximum absolute atomic E-state index is 15.0. The molecule has 5 rings (SSSR count). The molecule has 4 aliphatic carbocycles. The van der Waals surface area contributed by atoms with Crippen LogP contribution in [0.15, 0.2) is 47.1 Å². The number of ketones is 2. The summed E-state index contributed by atoms with van der Waals surface area (Å²) in [5.74, 6) is -7.20. The van der Waals surface area contributed by atoms with Crippen molar-refractivity contribution in [3.8, 4) is 0 Å². The molecule has 9 heteroatoms. The van der Waals surface area contributed by atoms with Gasteiger partial charge in [0.25, 0.3) is 0 Å². The molecule has 1 aromatic rings. The molecule has 5 atom stereocenters. The molecule has 0 heterocycles. The average molecular weight is 525 g/mol. The van der Waals surface area contributed by atoms with E-state index in [1.807, 2.05) is 0 Å². The molecule has 200 valence electrons. The van der Waals surface area contributed by atoms with Gasteiger partial charge in [-0.1, -0.05) is 36.8 Å². The number of allylic oxidation sites excluding steroid dienone is 4. The van der Waals surface area contributed by atoms with Crippen molar-refractivity contribution < 1.29 is 41.8 Å². The topological polar surface area (TPSA) is 74.6 Å². The number of fused-ring (bicyclic) bond motifs is 4. The van der Waals surface area contributed by atoms with Crippen LogP contribution < -0.4 is 0 Å². The van der Waals surface area contributed by atoms with Crippen molar-refractivity contribution in [3.05, 3.63) is 58.2 Å². The van der Waals surface area contributed by atoms with Gasteiger partial charge in [0, 0.05) is 23.3 Å². The Kier molecular flexibility index (Phi) is 6.07. The van der Waals surface area contributed by atoms with Crippen LogP contribution in [-0.4, -0.2) is 46.1 Å². The first-order chi connectivity index (χ1) is 17.2. The number of hydrogen-bond donors (Lipinski definition) is 2. The van der Waals surface area contributed by atoms with Crippen molar-refractivity contribution in [1.29, 1.82) is 0 Å². The summed E-state index contributed by atoms with van der Waals surface area (Å²) >= 11 is 0. The summed E-state index contributed by atoms with van der Waals surface area (Å²) < 4.78 is 70.8. The average Bonchev–Trinajstić information content (AvgIpc) is 3.13. The number of rotatable bonds is 4. The molecule has 0 bridgehead atoms. The Morgan fingerprint density at radius 3 is 2.35 bits per heavy atom. The second kappa shape index (κ2) is 8.56. The highest BCUT2D eigenvalue weighted by molar-refractivity contribution is 5.97. The minimum absolute atomic E-state index is 0.0157. The summed E-state index contributed by atoms with van der Waals surface area (Å²) in [4.78, 5) is 24.0. The van der Waals surface area contributed by atoms with E-state index in [0.717, 1.165) is 16.7 Å². The fourth-order valence-corrected chi connectivity index (χ4v) is 7.71. The quantitative estimate of drug-likeness (QED) is 0.392. The van der Waals surface area contributed by atoms with E-state index in [1.54, 1.807) is 18.2 Å². The highest BCUT2D eigenvalue weighted by Crippen LogP contribution is 2.70. The second-order valence-corrected chi connectivity index (χ2v) is 11.2. The van der Waals surface area contributed by atoms with Crippen LogP contribution in [0.3, 0.4) is 0 Å². The van der Waals surface area contributed by atoms with Gasteiger partial charge in [0.1, 0.15) is 12.2 Å². The zero-order valence-corrected chi connectivity index (χ0v) is 20.4. The lowest BCUT2D eigenvalue weighted by Crippen LogP contribution is -2.65. The maximum Gasteiger partial charge on any atom is 0.456 e. The molecule has 2 saturated carbocycles. The first kappa shape index (κ1) is 26.2. The second-order valence-electron chi connectivity index (χ2n) is 11.2. The van der Waals surface area contributed by atoms with Crippen molar-refractivity contribution >= 4 is 11.6 Å². The minimum atomic E-state index is -5.90. The number of aliphatic hydroxyl groups excluding tert-OH is 1. The number of carbonyl (C=O) groups is 2. The minimum Gasteiger partial charge on any atom is -0.388 e. The standard InChI is InChI=1S/C28H29F5O4/c1-25-13-21(15-2-4-16(5-3-15)23(36)14-34)24-19-9-7-18(35)12-17(19)6-8-20(24)22(25)10-11-26(25,37)27(29,30)28(31,32)33/h2-5,12,20-22,34,37H,6-11,13-14H2,1H3/t20-,21+,22-,25-,26+/m0/s1. The molecule has 4 aliphatic rings. The molecule has 0 saturated heterocycles. The Morgan fingerprint density at radius 1 is 1.05 bits per heavy atom. The maximum atomic E-state index is 15.0. The van der Waals surface area contributed by atoms with Crippen molar-refractivity contribution in [2.75, 3.05) is 6.61 Å². The van der Waals surface area contributed by atoms with Gasteiger partial charge in [0.05, 0.1) is 0 Å². The van der Waals surface area contributed by atoms with Crippen molar-refractivity contribution in [3.63, 3.8) is 0 Å². The van der Waals surface area contributed by atoms with Gasteiger partial charge in [-0.25, -0.2) is 0 Å². The largest absolute Gasteiger partial charge is 0.456 e. The van der Waals surface area contributed by atoms with E-state index in [2.05, 4.69) is 0 Å². The van der Waals surface area contributed by atoms with Crippen LogP contribution in [0.25, 0.3) is 0 Å². The molecule has 0 aliphatic heterocycles. The van der Waals surface area contributed by atoms with Gasteiger partial charge in [-0.2, -0.15) is 22.0 Å². The molecule has 0 spiro atoms. The van der Waals surface area contributed by atoms with Crippen LogP contribution in [0.2, 0.25) is 0 Å². The van der Waals surface area contributed by atoms with Crippen LogP contribution >= 0.6 is 0 Å². The summed E-state index contributed by atoms with van der Waals surface area (Å²) in [6.07, 6.45) is -3.17. The Labute approximate surface area is 211 Å². The highest BCUT2D eigenvalue weighted by Gasteiger charge is 2.79. The van der Waals surface area contributed by atoms with E-state index < -0.39 is 53.8 Å². The van der Waals surface area contributed by atoms with Crippen LogP contribution in [0.4, 0.5) is 22.0 Å². The molecule has 37 heavy (non-hydrogen) atoms. The number of aliphatic hydroxyl groups is 2. The van der Waals surface area contributed by atoms with Gasteiger partial charge in [-0.3, -0.25) is 9.59 Å². The molecule has 0 radical (unpaired) electrons. The number of benzene rings is 1. The summed E-state index contributed by atoms with van der Waals surface area (Å²) in [6.45, 7) is 0.694. The first-order valence-electron chi connectivity index (χ1n) is 12.6. The molecule has 0 unspecified atom stereocenters. The summed E-state index contributed by atoms with van der Waals surface area (Å²) in [5.41, 5.74) is -1.24. The molecule has 0 amide bonds. The van der Waals surface area contributed by atoms with Gasteiger partial charge < -0.3 is 10.2 Å². The predicted molar refractivity (Wildman–Crippen MR) is 124 cm³/mol. The Balaban J connectivity index is 1.67. The highest BCUT2D eigenvalue weighted by atomic mass is 19.4. The molecular weight excluding hydrogens is 495 g/mol. The van der Waals surface area contributed by atoms with Gasteiger partial charge in [0.15, 0.2) is 11.6 Å². The Bertz CT molecular complexity index is 1200. The molecular formula is C28H29F5O4. The lowest BCUT2D eigenvalue weighted by atomic mass is 9.50. The van der Waals surface area contributed by atoms with E-state index in [-0.39, 0.29) is 30.1 Å². The third kappa shape index (κ3) is 3.67. The van der Waals surface area contributed by atoms with Crippen LogP contribution in [0.1, 0.15) is 73.7 Å². The van der Waals surface area contributed by atoms with E-state index in [0.29, 0.717) is 31.2 Å². The number of carbonyl (C=O) groups excluding carboxylic acids is 2. The number of halogens is 5. The van der Waals surface area contributed by atoms with Gasteiger partial charge in [-0.05, 0) is 73.1 Å². The molecule has 1 aromatic carbocycles. The van der Waals surface area contributed by atoms with E-state index in [9.17, 15) is 36.6 Å². The number of alkyl halides is 5. The fourth-order valence-electron chi connectivity index (χ4n) is 7.71. The fraction of sp³-hybridized carbons (Fsp3) is 0.571. The zero-order chi connectivity index (χ0) is 27.0. The molecule has 4 nitrogen and oxygen atoms in total. The molecule has 2 fully saturated rings. The SMILES string of the molecule is C[C@]12C[C@H](c3ccc(C(=O)CO)cc3)C3=C4CCC(=O)C=C4CC[C@H]3[C@@H]1CC[C@]2(O)C(F)(F)C(F)(F)F. The Hall–Kier alpha value is -2.39. The van der Waals surface area contributed by atoms with Gasteiger partial charge in [0.2, 0.25) is 0 Å². The monoisotopic (exact) mass is 524 g/mol. The van der Waals surface area contributed by atoms with E-state index in [1.165, 1.54) is 19.1 Å². The smallest absolute Gasteiger partial charge is 0.388 e. The van der Waals surface area contributed by atoms with Crippen molar-refractivity contribution in [2.24, 2.45) is 17.3 Å². The third-order valence-corrected chi connectivity index (χ3v) is 9.54. The summed E-state index contributed by atoms with van der Waals surface area (Å²) in [6, 6.07) is 6.31. The van der Waals surface area contributed by atoms with Gasteiger partial charge >= 0.3 is 12.1 Å².